The Morgan fingerprint density at radius 1 is 1.30 bits per heavy atom. The zero-order chi connectivity index (χ0) is 13.9. The summed E-state index contributed by atoms with van der Waals surface area (Å²) in [5, 5.41) is 14.8. The van der Waals surface area contributed by atoms with Crippen molar-refractivity contribution >= 4 is 11.7 Å². The molecule has 20 heavy (non-hydrogen) atoms. The van der Waals surface area contributed by atoms with Crippen molar-refractivity contribution in [3.63, 3.8) is 0 Å². The van der Waals surface area contributed by atoms with Crippen LogP contribution in [0.25, 0.3) is 0 Å². The van der Waals surface area contributed by atoms with E-state index in [0.29, 0.717) is 12.1 Å². The first-order chi connectivity index (χ1) is 9.78. The number of benzene rings is 1. The van der Waals surface area contributed by atoms with Gasteiger partial charge in [-0.15, -0.1) is 0 Å². The largest absolute Gasteiger partial charge is 0.322 e. The molecule has 1 amide bonds. The average Bonchev–Trinajstić information content (AvgIpc) is 2.48. The number of nitrogens with zero attached hydrogens (tertiary/aromatic N) is 4. The van der Waals surface area contributed by atoms with Crippen molar-refractivity contribution in [2.24, 2.45) is 5.10 Å². The van der Waals surface area contributed by atoms with Gasteiger partial charge in [-0.1, -0.05) is 24.3 Å². The van der Waals surface area contributed by atoms with E-state index in [2.05, 4.69) is 11.2 Å². The first kappa shape index (κ1) is 12.2. The first-order valence-electron chi connectivity index (χ1n) is 6.26. The Balaban J connectivity index is 1.88. The maximum absolute atomic E-state index is 12.1. The molecule has 0 radical (unpaired) electrons. The van der Waals surface area contributed by atoms with Crippen molar-refractivity contribution in [1.82, 2.24) is 9.91 Å². The van der Waals surface area contributed by atoms with Crippen LogP contribution in [0.3, 0.4) is 0 Å². The zero-order valence-electron chi connectivity index (χ0n) is 10.7. The lowest BCUT2D eigenvalue weighted by atomic mass is 10.1. The minimum atomic E-state index is -0.0820. The molecule has 5 nitrogen and oxygen atoms in total. The van der Waals surface area contributed by atoms with Crippen LogP contribution >= 0.6 is 0 Å². The van der Waals surface area contributed by atoms with Gasteiger partial charge in [0.25, 0.3) is 5.91 Å². The maximum atomic E-state index is 12.1. The Labute approximate surface area is 116 Å². The Hall–Kier alpha value is -2.87. The van der Waals surface area contributed by atoms with Crippen molar-refractivity contribution in [2.75, 3.05) is 6.54 Å². The van der Waals surface area contributed by atoms with Gasteiger partial charge in [0.2, 0.25) is 0 Å². The molecule has 0 fully saturated rings. The van der Waals surface area contributed by atoms with Gasteiger partial charge in [0.05, 0.1) is 18.2 Å². The van der Waals surface area contributed by atoms with E-state index in [-0.39, 0.29) is 12.5 Å². The molecule has 1 aromatic rings. The Kier molecular flexibility index (Phi) is 3.05. The molecular formula is C15H12N4O. The van der Waals surface area contributed by atoms with E-state index in [1.165, 1.54) is 5.01 Å². The van der Waals surface area contributed by atoms with Gasteiger partial charge >= 0.3 is 0 Å². The molecule has 0 aliphatic carbocycles. The Morgan fingerprint density at radius 2 is 2.15 bits per heavy atom. The number of hydrogen-bond donors (Lipinski definition) is 0. The van der Waals surface area contributed by atoms with Crippen LogP contribution in [0, 0.1) is 11.3 Å². The number of carbonyl (C=O) groups excluding carboxylic acids is 1. The highest BCUT2D eigenvalue weighted by Gasteiger charge is 2.25. The number of nitriles is 1. The lowest BCUT2D eigenvalue weighted by Crippen LogP contribution is -2.44. The van der Waals surface area contributed by atoms with Crippen molar-refractivity contribution in [1.29, 1.82) is 5.26 Å². The van der Waals surface area contributed by atoms with Crippen LogP contribution in [0.4, 0.5) is 0 Å². The fourth-order valence-corrected chi connectivity index (χ4v) is 2.15. The fraction of sp³-hybridized carbons (Fsp3) is 0.133. The second kappa shape index (κ2) is 5.02. The average molecular weight is 264 g/mol. The van der Waals surface area contributed by atoms with E-state index < -0.39 is 0 Å². The second-order valence-corrected chi connectivity index (χ2v) is 4.51. The molecule has 2 heterocycles. The summed E-state index contributed by atoms with van der Waals surface area (Å²) in [4.78, 5) is 13.9. The second-order valence-electron chi connectivity index (χ2n) is 4.51. The molecule has 0 saturated carbocycles. The van der Waals surface area contributed by atoms with Crippen LogP contribution in [0.15, 0.2) is 53.8 Å². The highest BCUT2D eigenvalue weighted by Crippen LogP contribution is 2.16. The van der Waals surface area contributed by atoms with Crippen LogP contribution in [0.2, 0.25) is 0 Å². The van der Waals surface area contributed by atoms with Crippen molar-refractivity contribution in [3.05, 3.63) is 59.8 Å². The van der Waals surface area contributed by atoms with Crippen LogP contribution in [-0.2, 0) is 11.3 Å². The highest BCUT2D eigenvalue weighted by molar-refractivity contribution is 6.00. The fourth-order valence-electron chi connectivity index (χ4n) is 2.15. The van der Waals surface area contributed by atoms with E-state index in [1.807, 2.05) is 42.6 Å². The maximum Gasteiger partial charge on any atom is 0.263 e. The molecule has 0 bridgehead atoms. The van der Waals surface area contributed by atoms with Crippen LogP contribution in [0.1, 0.15) is 11.1 Å². The molecule has 1 aromatic carbocycles. The highest BCUT2D eigenvalue weighted by atomic mass is 16.2. The van der Waals surface area contributed by atoms with E-state index >= 15 is 0 Å². The SMILES string of the molecule is N#Cc1ccccc1CN1N=C2C=CC=CN2CC1=O. The summed E-state index contributed by atoms with van der Waals surface area (Å²) in [7, 11) is 0. The van der Waals surface area contributed by atoms with Gasteiger partial charge in [-0.25, -0.2) is 5.01 Å². The smallest absolute Gasteiger partial charge is 0.263 e. The summed E-state index contributed by atoms with van der Waals surface area (Å²) >= 11 is 0. The summed E-state index contributed by atoms with van der Waals surface area (Å²) in [5.41, 5.74) is 1.37. The molecule has 0 saturated heterocycles. The standard InChI is InChI=1S/C15H12N4O/c16-9-12-5-1-2-6-13(12)10-19-15(20)11-18-8-4-3-7-14(18)17-19/h1-8H,10-11H2. The Morgan fingerprint density at radius 3 is 3.00 bits per heavy atom. The predicted octanol–water partition coefficient (Wildman–Crippen LogP) is 1.60. The number of fused-ring (bicyclic) bond motifs is 1. The topological polar surface area (TPSA) is 59.7 Å². The van der Waals surface area contributed by atoms with Gasteiger partial charge in [-0.3, -0.25) is 4.79 Å². The summed E-state index contributed by atoms with van der Waals surface area (Å²) in [5.74, 6) is 0.656. The minimum absolute atomic E-state index is 0.0820. The molecule has 0 spiro atoms. The Bertz CT molecular complexity index is 681. The van der Waals surface area contributed by atoms with Crippen LogP contribution in [-0.4, -0.2) is 28.2 Å². The van der Waals surface area contributed by atoms with E-state index in [1.54, 1.807) is 11.0 Å². The number of amidine groups is 1. The van der Waals surface area contributed by atoms with Gasteiger partial charge in [0.1, 0.15) is 6.54 Å². The van der Waals surface area contributed by atoms with Crippen molar-refractivity contribution in [3.8, 4) is 6.07 Å². The van der Waals surface area contributed by atoms with Gasteiger partial charge in [0.15, 0.2) is 5.84 Å². The summed E-state index contributed by atoms with van der Waals surface area (Å²) < 4.78 is 0. The molecule has 0 atom stereocenters. The van der Waals surface area contributed by atoms with Crippen molar-refractivity contribution in [2.45, 2.75) is 6.54 Å². The third kappa shape index (κ3) is 2.19. The quantitative estimate of drug-likeness (QED) is 0.815. The van der Waals surface area contributed by atoms with E-state index in [4.69, 9.17) is 5.26 Å². The number of hydrogen-bond acceptors (Lipinski definition) is 4. The summed E-state index contributed by atoms with van der Waals surface area (Å²) in [6, 6.07) is 9.38. The molecule has 2 aliphatic heterocycles. The molecule has 3 rings (SSSR count). The molecule has 5 heteroatoms. The normalized spacial score (nSPS) is 16.8. The van der Waals surface area contributed by atoms with E-state index in [9.17, 15) is 4.79 Å². The number of rotatable bonds is 2. The third-order valence-corrected chi connectivity index (χ3v) is 3.19. The molecule has 0 N–H and O–H groups in total. The number of carbonyl (C=O) groups is 1. The van der Waals surface area contributed by atoms with Crippen LogP contribution in [0.5, 0.6) is 0 Å². The molecular weight excluding hydrogens is 252 g/mol. The van der Waals surface area contributed by atoms with Gasteiger partial charge < -0.3 is 4.90 Å². The lowest BCUT2D eigenvalue weighted by molar-refractivity contribution is -0.132. The summed E-state index contributed by atoms with van der Waals surface area (Å²) in [6.45, 7) is 0.589. The molecule has 2 aliphatic rings. The number of amides is 1. The molecule has 98 valence electrons. The first-order valence-corrected chi connectivity index (χ1v) is 6.26. The number of hydrazone groups is 1. The minimum Gasteiger partial charge on any atom is -0.322 e. The van der Waals surface area contributed by atoms with Gasteiger partial charge in [-0.05, 0) is 23.8 Å². The zero-order valence-corrected chi connectivity index (χ0v) is 10.7. The lowest BCUT2D eigenvalue weighted by Gasteiger charge is -2.31. The summed E-state index contributed by atoms with van der Waals surface area (Å²) in [6.07, 6.45) is 7.44. The number of allylic oxidation sites excluding steroid dienone is 2. The predicted molar refractivity (Wildman–Crippen MR) is 74.1 cm³/mol. The van der Waals surface area contributed by atoms with Gasteiger partial charge in [-0.2, -0.15) is 10.4 Å². The van der Waals surface area contributed by atoms with Gasteiger partial charge in [0, 0.05) is 6.20 Å². The monoisotopic (exact) mass is 264 g/mol. The van der Waals surface area contributed by atoms with Crippen molar-refractivity contribution < 1.29 is 4.79 Å². The molecule has 0 aromatic heterocycles. The van der Waals surface area contributed by atoms with E-state index in [0.717, 1.165) is 11.4 Å². The van der Waals surface area contributed by atoms with Crippen LogP contribution < -0.4 is 0 Å². The molecule has 0 unspecified atom stereocenters. The third-order valence-electron chi connectivity index (χ3n) is 3.19.